The van der Waals surface area contributed by atoms with E-state index in [-0.39, 0.29) is 5.91 Å². The molecule has 0 spiro atoms. The van der Waals surface area contributed by atoms with Crippen molar-refractivity contribution in [3.63, 3.8) is 0 Å². The van der Waals surface area contributed by atoms with E-state index in [4.69, 9.17) is 17.4 Å². The summed E-state index contributed by atoms with van der Waals surface area (Å²) in [5, 5.41) is 11.7. The van der Waals surface area contributed by atoms with E-state index in [9.17, 15) is 4.79 Å². The van der Waals surface area contributed by atoms with Crippen molar-refractivity contribution >= 4 is 35.0 Å². The van der Waals surface area contributed by atoms with Gasteiger partial charge in [0.2, 0.25) is 11.1 Å². The molecule has 0 fully saturated rings. The third-order valence-corrected chi connectivity index (χ3v) is 5.01. The summed E-state index contributed by atoms with van der Waals surface area (Å²) >= 11 is 7.25. The van der Waals surface area contributed by atoms with Gasteiger partial charge >= 0.3 is 0 Å². The fourth-order valence-corrected chi connectivity index (χ4v) is 3.23. The summed E-state index contributed by atoms with van der Waals surface area (Å²) in [6, 6.07) is 14.8. The number of halogens is 1. The molecule has 3 rings (SSSR count). The van der Waals surface area contributed by atoms with E-state index in [1.807, 2.05) is 43.3 Å². The molecule has 3 N–H and O–H groups in total. The Morgan fingerprint density at radius 1 is 1.23 bits per heavy atom. The molecule has 0 aliphatic rings. The SMILES string of the molecule is Cc1ccc(NC(=O)[C@@H](C)Sc2nnc(-c3cccc(Cl)c3)n2N)cc1. The molecule has 134 valence electrons. The highest BCUT2D eigenvalue weighted by atomic mass is 35.5. The van der Waals surface area contributed by atoms with Crippen LogP contribution in [0.15, 0.2) is 53.7 Å². The molecule has 2 aromatic carbocycles. The Hall–Kier alpha value is -2.51. The maximum atomic E-state index is 12.4. The number of nitrogens with one attached hydrogen (secondary N) is 1. The number of hydrogen-bond acceptors (Lipinski definition) is 5. The number of rotatable bonds is 5. The van der Waals surface area contributed by atoms with E-state index in [2.05, 4.69) is 15.5 Å². The highest BCUT2D eigenvalue weighted by Gasteiger charge is 2.20. The first-order chi connectivity index (χ1) is 12.4. The molecule has 0 bridgehead atoms. The van der Waals surface area contributed by atoms with E-state index in [0.717, 1.165) is 16.8 Å². The van der Waals surface area contributed by atoms with E-state index >= 15 is 0 Å². The molecule has 0 saturated heterocycles. The molecule has 1 aromatic heterocycles. The molecule has 26 heavy (non-hydrogen) atoms. The number of nitrogens with zero attached hydrogens (tertiary/aromatic N) is 3. The van der Waals surface area contributed by atoms with Gasteiger partial charge in [0.1, 0.15) is 0 Å². The molecule has 3 aromatic rings. The van der Waals surface area contributed by atoms with Crippen LogP contribution in [0.3, 0.4) is 0 Å². The number of amides is 1. The van der Waals surface area contributed by atoms with Gasteiger partial charge < -0.3 is 11.2 Å². The van der Waals surface area contributed by atoms with Gasteiger partial charge in [0.15, 0.2) is 5.82 Å². The van der Waals surface area contributed by atoms with Crippen molar-refractivity contribution in [2.24, 2.45) is 0 Å². The second-order valence-corrected chi connectivity index (χ2v) is 7.55. The predicted octanol–water partition coefficient (Wildman–Crippen LogP) is 3.74. The third kappa shape index (κ3) is 4.17. The Kier molecular flexibility index (Phi) is 5.49. The molecule has 0 unspecified atom stereocenters. The summed E-state index contributed by atoms with van der Waals surface area (Å²) in [7, 11) is 0. The standard InChI is InChI=1S/C18H18ClN5OS/c1-11-6-8-15(9-7-11)21-17(25)12(2)26-18-23-22-16(24(18)20)13-4-3-5-14(19)10-13/h3-10,12H,20H2,1-2H3,(H,21,25)/t12-/m1/s1. The number of aromatic nitrogens is 3. The van der Waals surface area contributed by atoms with E-state index < -0.39 is 5.25 Å². The molecule has 0 aliphatic carbocycles. The average molecular weight is 388 g/mol. The van der Waals surface area contributed by atoms with Crippen molar-refractivity contribution in [1.29, 1.82) is 0 Å². The number of carbonyl (C=O) groups is 1. The topological polar surface area (TPSA) is 85.8 Å². The Labute approximate surface area is 160 Å². The lowest BCUT2D eigenvalue weighted by Gasteiger charge is -2.11. The monoisotopic (exact) mass is 387 g/mol. The normalized spacial score (nSPS) is 12.0. The van der Waals surface area contributed by atoms with Crippen LogP contribution >= 0.6 is 23.4 Å². The van der Waals surface area contributed by atoms with Gasteiger partial charge in [-0.2, -0.15) is 0 Å². The minimum absolute atomic E-state index is 0.133. The number of nitrogens with two attached hydrogens (primary N) is 1. The number of nitrogen functional groups attached to an aromatic ring is 1. The molecule has 6 nitrogen and oxygen atoms in total. The van der Waals surface area contributed by atoms with E-state index in [1.54, 1.807) is 19.1 Å². The van der Waals surface area contributed by atoms with Gasteiger partial charge in [-0.15, -0.1) is 10.2 Å². The number of benzene rings is 2. The molecule has 0 radical (unpaired) electrons. The van der Waals surface area contributed by atoms with Crippen molar-refractivity contribution in [2.75, 3.05) is 11.2 Å². The first-order valence-corrected chi connectivity index (χ1v) is 9.20. The van der Waals surface area contributed by atoms with E-state index in [0.29, 0.717) is 16.0 Å². The lowest BCUT2D eigenvalue weighted by atomic mass is 10.2. The van der Waals surface area contributed by atoms with E-state index in [1.165, 1.54) is 16.4 Å². The highest BCUT2D eigenvalue weighted by Crippen LogP contribution is 2.26. The fourth-order valence-electron chi connectivity index (χ4n) is 2.27. The van der Waals surface area contributed by atoms with Crippen molar-refractivity contribution in [3.8, 4) is 11.4 Å². The zero-order valence-corrected chi connectivity index (χ0v) is 15.9. The molecular weight excluding hydrogens is 370 g/mol. The zero-order valence-electron chi connectivity index (χ0n) is 14.3. The third-order valence-electron chi connectivity index (χ3n) is 3.72. The van der Waals surface area contributed by atoms with Crippen molar-refractivity contribution in [2.45, 2.75) is 24.3 Å². The predicted molar refractivity (Wildman–Crippen MR) is 106 cm³/mol. The second-order valence-electron chi connectivity index (χ2n) is 5.80. The Morgan fingerprint density at radius 2 is 1.96 bits per heavy atom. The summed E-state index contributed by atoms with van der Waals surface area (Å²) in [5.74, 6) is 6.45. The molecule has 1 atom stereocenters. The second kappa shape index (κ2) is 7.80. The van der Waals surface area contributed by atoms with Gasteiger partial charge in [-0.25, -0.2) is 4.68 Å². The quantitative estimate of drug-likeness (QED) is 0.514. The molecule has 0 aliphatic heterocycles. The van der Waals surface area contributed by atoms with Gasteiger partial charge in [0, 0.05) is 16.3 Å². The molecule has 0 saturated carbocycles. The van der Waals surface area contributed by atoms with Crippen LogP contribution in [0.5, 0.6) is 0 Å². The van der Waals surface area contributed by atoms with Crippen LogP contribution in [0.4, 0.5) is 5.69 Å². The summed E-state index contributed by atoms with van der Waals surface area (Å²) in [6.07, 6.45) is 0. The fraction of sp³-hybridized carbons (Fsp3) is 0.167. The number of hydrogen-bond donors (Lipinski definition) is 2. The largest absolute Gasteiger partial charge is 0.335 e. The maximum Gasteiger partial charge on any atom is 0.237 e. The first-order valence-electron chi connectivity index (χ1n) is 7.94. The smallest absolute Gasteiger partial charge is 0.237 e. The summed E-state index contributed by atoms with van der Waals surface area (Å²) in [5.41, 5.74) is 2.65. The lowest BCUT2D eigenvalue weighted by molar-refractivity contribution is -0.115. The number of carbonyl (C=O) groups excluding carboxylic acids is 1. The van der Waals surface area contributed by atoms with Crippen LogP contribution in [0.2, 0.25) is 5.02 Å². The van der Waals surface area contributed by atoms with Crippen molar-refractivity contribution in [3.05, 3.63) is 59.1 Å². The number of aryl methyl sites for hydroxylation is 1. The van der Waals surface area contributed by atoms with Gasteiger partial charge in [-0.3, -0.25) is 4.79 Å². The minimum atomic E-state index is -0.394. The zero-order chi connectivity index (χ0) is 18.7. The summed E-state index contributed by atoms with van der Waals surface area (Å²) in [6.45, 7) is 3.79. The average Bonchev–Trinajstić information content (AvgIpc) is 2.97. The van der Waals surface area contributed by atoms with Crippen molar-refractivity contribution in [1.82, 2.24) is 14.9 Å². The van der Waals surface area contributed by atoms with Crippen LogP contribution in [-0.2, 0) is 4.79 Å². The van der Waals surface area contributed by atoms with Crippen LogP contribution in [0.25, 0.3) is 11.4 Å². The van der Waals surface area contributed by atoms with Gasteiger partial charge in [-0.1, -0.05) is 53.2 Å². The Bertz CT molecular complexity index is 926. The molecule has 1 heterocycles. The van der Waals surface area contributed by atoms with Gasteiger partial charge in [-0.05, 0) is 38.1 Å². The first kappa shape index (κ1) is 18.3. The van der Waals surface area contributed by atoms with Crippen molar-refractivity contribution < 1.29 is 4.79 Å². The Morgan fingerprint density at radius 3 is 2.65 bits per heavy atom. The highest BCUT2D eigenvalue weighted by molar-refractivity contribution is 8.00. The Balaban J connectivity index is 1.70. The van der Waals surface area contributed by atoms with Crippen LogP contribution in [0.1, 0.15) is 12.5 Å². The number of anilines is 1. The van der Waals surface area contributed by atoms with Crippen LogP contribution in [-0.4, -0.2) is 26.0 Å². The summed E-state index contributed by atoms with van der Waals surface area (Å²) in [4.78, 5) is 12.4. The molecular formula is C18H18ClN5OS. The van der Waals surface area contributed by atoms with Gasteiger partial charge in [0.25, 0.3) is 0 Å². The summed E-state index contributed by atoms with van der Waals surface area (Å²) < 4.78 is 1.37. The lowest BCUT2D eigenvalue weighted by Crippen LogP contribution is -2.23. The molecule has 8 heteroatoms. The van der Waals surface area contributed by atoms with Gasteiger partial charge in [0.05, 0.1) is 5.25 Å². The maximum absolute atomic E-state index is 12.4. The van der Waals surface area contributed by atoms with Crippen LogP contribution < -0.4 is 11.2 Å². The van der Waals surface area contributed by atoms with Crippen LogP contribution in [0, 0.1) is 6.92 Å². The minimum Gasteiger partial charge on any atom is -0.335 e. The number of thioether (sulfide) groups is 1. The molecule has 1 amide bonds.